The number of nitrogens with zero attached hydrogens (tertiary/aromatic N) is 3. The molecule has 148 valence electrons. The minimum absolute atomic E-state index is 0.120. The molecule has 0 aliphatic heterocycles. The van der Waals surface area contributed by atoms with E-state index in [1.54, 1.807) is 34.9 Å². The van der Waals surface area contributed by atoms with E-state index in [1.165, 1.54) is 11.8 Å². The molecule has 0 unspecified atom stereocenters. The Morgan fingerprint density at radius 2 is 1.96 bits per heavy atom. The van der Waals surface area contributed by atoms with Gasteiger partial charge in [0.1, 0.15) is 11.5 Å². The van der Waals surface area contributed by atoms with Crippen LogP contribution in [-0.2, 0) is 4.79 Å². The monoisotopic (exact) mass is 440 g/mol. The molecule has 0 fully saturated rings. The van der Waals surface area contributed by atoms with Crippen LogP contribution in [0.4, 0.5) is 5.69 Å². The van der Waals surface area contributed by atoms with Crippen LogP contribution in [0.3, 0.4) is 0 Å². The normalized spacial score (nSPS) is 10.9. The van der Waals surface area contributed by atoms with Crippen LogP contribution in [0.15, 0.2) is 35.6 Å². The van der Waals surface area contributed by atoms with Crippen molar-refractivity contribution in [2.75, 3.05) is 24.3 Å². The number of carbonyl (C=O) groups excluding carboxylic acids is 1. The van der Waals surface area contributed by atoms with E-state index < -0.39 is 0 Å². The average Bonchev–Trinajstić information content (AvgIpc) is 3.06. The molecule has 1 N–H and O–H groups in total. The summed E-state index contributed by atoms with van der Waals surface area (Å²) in [7, 11) is 0. The van der Waals surface area contributed by atoms with Gasteiger partial charge in [-0.15, -0.1) is 10.2 Å². The number of fused-ring (bicyclic) bond motifs is 1. The lowest BCUT2D eigenvalue weighted by atomic mass is 10.2. The highest BCUT2D eigenvalue weighted by Gasteiger charge is 2.14. The lowest BCUT2D eigenvalue weighted by Gasteiger charge is -2.13. The van der Waals surface area contributed by atoms with Gasteiger partial charge in [0.25, 0.3) is 0 Å². The van der Waals surface area contributed by atoms with Crippen molar-refractivity contribution >= 4 is 52.2 Å². The first kappa shape index (κ1) is 20.6. The van der Waals surface area contributed by atoms with Gasteiger partial charge in [-0.2, -0.15) is 0 Å². The van der Waals surface area contributed by atoms with Crippen molar-refractivity contribution in [1.29, 1.82) is 0 Å². The van der Waals surface area contributed by atoms with Crippen molar-refractivity contribution < 1.29 is 14.3 Å². The molecule has 3 rings (SSSR count). The third-order valence-corrected chi connectivity index (χ3v) is 4.99. The molecule has 2 aromatic heterocycles. The Morgan fingerprint density at radius 3 is 2.71 bits per heavy atom. The molecule has 28 heavy (non-hydrogen) atoms. The third kappa shape index (κ3) is 4.81. The van der Waals surface area contributed by atoms with Crippen LogP contribution < -0.4 is 14.8 Å². The van der Waals surface area contributed by atoms with Crippen LogP contribution in [-0.4, -0.2) is 39.5 Å². The summed E-state index contributed by atoms with van der Waals surface area (Å²) >= 11 is 13.4. The number of halogens is 2. The van der Waals surface area contributed by atoms with Crippen LogP contribution in [0.5, 0.6) is 11.5 Å². The smallest absolute Gasteiger partial charge is 0.234 e. The molecular formula is C18H18Cl2N4O3S. The quantitative estimate of drug-likeness (QED) is 0.517. The van der Waals surface area contributed by atoms with Gasteiger partial charge in [-0.25, -0.2) is 0 Å². The van der Waals surface area contributed by atoms with Crippen LogP contribution >= 0.6 is 35.0 Å². The number of benzene rings is 1. The van der Waals surface area contributed by atoms with E-state index in [4.69, 9.17) is 32.7 Å². The Morgan fingerprint density at radius 1 is 1.18 bits per heavy atom. The van der Waals surface area contributed by atoms with Crippen molar-refractivity contribution in [2.45, 2.75) is 19.0 Å². The van der Waals surface area contributed by atoms with Gasteiger partial charge in [-0.3, -0.25) is 9.20 Å². The number of thioether (sulfide) groups is 1. The molecule has 3 aromatic rings. The van der Waals surface area contributed by atoms with Crippen LogP contribution in [0.2, 0.25) is 10.0 Å². The second-order valence-corrected chi connectivity index (χ2v) is 7.33. The summed E-state index contributed by atoms with van der Waals surface area (Å²) in [5, 5.41) is 12.3. The van der Waals surface area contributed by atoms with Gasteiger partial charge in [0.05, 0.1) is 34.7 Å². The number of rotatable bonds is 8. The van der Waals surface area contributed by atoms with E-state index in [9.17, 15) is 4.79 Å². The number of amides is 1. The highest BCUT2D eigenvalue weighted by atomic mass is 35.5. The zero-order valence-electron chi connectivity index (χ0n) is 15.2. The molecule has 0 aliphatic carbocycles. The van der Waals surface area contributed by atoms with Gasteiger partial charge >= 0.3 is 0 Å². The summed E-state index contributed by atoms with van der Waals surface area (Å²) in [6.45, 7) is 4.79. The number of carbonyl (C=O) groups is 1. The number of hydrogen-bond acceptors (Lipinski definition) is 6. The molecule has 0 radical (unpaired) electrons. The average molecular weight is 441 g/mol. The second kappa shape index (κ2) is 9.36. The van der Waals surface area contributed by atoms with E-state index in [1.807, 2.05) is 13.8 Å². The number of pyridine rings is 1. The molecule has 7 nitrogen and oxygen atoms in total. The van der Waals surface area contributed by atoms with Crippen molar-refractivity contribution in [3.63, 3.8) is 0 Å². The van der Waals surface area contributed by atoms with Crippen molar-refractivity contribution in [1.82, 2.24) is 14.6 Å². The van der Waals surface area contributed by atoms with E-state index in [0.29, 0.717) is 51.2 Å². The van der Waals surface area contributed by atoms with E-state index >= 15 is 0 Å². The molecule has 0 saturated heterocycles. The first-order valence-corrected chi connectivity index (χ1v) is 10.3. The number of hydrogen-bond donors (Lipinski definition) is 1. The van der Waals surface area contributed by atoms with Crippen molar-refractivity contribution in [3.05, 3.63) is 40.5 Å². The topological polar surface area (TPSA) is 77.8 Å². The molecule has 0 bridgehead atoms. The SMILES string of the molecule is CCOc1ccc(OCC)c(NC(=O)CSc2nnc3c(Cl)cc(Cl)cn23)c1. The largest absolute Gasteiger partial charge is 0.494 e. The highest BCUT2D eigenvalue weighted by Crippen LogP contribution is 2.30. The maximum absolute atomic E-state index is 12.5. The molecule has 1 amide bonds. The Bertz CT molecular complexity index is 996. The number of aromatic nitrogens is 3. The standard InChI is InChI=1S/C18H18Cl2N4O3S/c1-3-26-12-5-6-15(27-4-2)14(8-12)21-16(25)10-28-18-23-22-17-13(20)7-11(19)9-24(17)18/h5-9H,3-4,10H2,1-2H3,(H,21,25). The van der Waals surface area contributed by atoms with Gasteiger partial charge in [0.2, 0.25) is 5.91 Å². The highest BCUT2D eigenvalue weighted by molar-refractivity contribution is 7.99. The van der Waals surface area contributed by atoms with Gasteiger partial charge in [-0.05, 0) is 32.0 Å². The molecule has 0 atom stereocenters. The van der Waals surface area contributed by atoms with Crippen molar-refractivity contribution in [3.8, 4) is 11.5 Å². The first-order valence-electron chi connectivity index (χ1n) is 8.53. The molecule has 1 aromatic carbocycles. The van der Waals surface area contributed by atoms with E-state index in [-0.39, 0.29) is 11.7 Å². The Kier molecular flexibility index (Phi) is 6.88. The summed E-state index contributed by atoms with van der Waals surface area (Å²) in [6.07, 6.45) is 1.65. The zero-order valence-corrected chi connectivity index (χ0v) is 17.6. The van der Waals surface area contributed by atoms with Crippen LogP contribution in [0, 0.1) is 0 Å². The Balaban J connectivity index is 1.72. The summed E-state index contributed by atoms with van der Waals surface area (Å²) < 4.78 is 12.7. The van der Waals surface area contributed by atoms with Gasteiger partial charge in [0.15, 0.2) is 10.8 Å². The zero-order chi connectivity index (χ0) is 20.1. The van der Waals surface area contributed by atoms with E-state index in [2.05, 4.69) is 15.5 Å². The molecule has 0 saturated carbocycles. The lowest BCUT2D eigenvalue weighted by Crippen LogP contribution is -2.15. The predicted octanol–water partition coefficient (Wildman–Crippen LogP) is 4.56. The molecular weight excluding hydrogens is 423 g/mol. The lowest BCUT2D eigenvalue weighted by molar-refractivity contribution is -0.113. The molecule has 10 heteroatoms. The first-order chi connectivity index (χ1) is 13.5. The Hall–Kier alpha value is -2.16. The molecule has 0 spiro atoms. The summed E-state index contributed by atoms with van der Waals surface area (Å²) in [5.74, 6) is 1.14. The number of ether oxygens (including phenoxy) is 2. The molecule has 0 aliphatic rings. The minimum Gasteiger partial charge on any atom is -0.494 e. The van der Waals surface area contributed by atoms with Crippen LogP contribution in [0.25, 0.3) is 5.65 Å². The minimum atomic E-state index is -0.218. The third-order valence-electron chi connectivity index (χ3n) is 3.56. The second-order valence-electron chi connectivity index (χ2n) is 5.54. The van der Waals surface area contributed by atoms with Gasteiger partial charge in [0, 0.05) is 12.3 Å². The maximum atomic E-state index is 12.5. The number of nitrogens with one attached hydrogen (secondary N) is 1. The number of anilines is 1. The van der Waals surface area contributed by atoms with Crippen LogP contribution in [0.1, 0.15) is 13.8 Å². The fourth-order valence-electron chi connectivity index (χ4n) is 2.46. The maximum Gasteiger partial charge on any atom is 0.234 e. The fourth-order valence-corrected chi connectivity index (χ4v) is 3.68. The van der Waals surface area contributed by atoms with Gasteiger partial charge in [-0.1, -0.05) is 35.0 Å². The predicted molar refractivity (Wildman–Crippen MR) is 111 cm³/mol. The summed E-state index contributed by atoms with van der Waals surface area (Å²) in [5.41, 5.74) is 1.03. The van der Waals surface area contributed by atoms with E-state index in [0.717, 1.165) is 0 Å². The Labute approximate surface area is 176 Å². The summed E-state index contributed by atoms with van der Waals surface area (Å²) in [6, 6.07) is 6.90. The van der Waals surface area contributed by atoms with Gasteiger partial charge < -0.3 is 14.8 Å². The van der Waals surface area contributed by atoms with Crippen molar-refractivity contribution in [2.24, 2.45) is 0 Å². The fraction of sp³-hybridized carbons (Fsp3) is 0.278. The molecule has 2 heterocycles. The summed E-state index contributed by atoms with van der Waals surface area (Å²) in [4.78, 5) is 12.5.